The highest BCUT2D eigenvalue weighted by Crippen LogP contribution is 2.38. The van der Waals surface area contributed by atoms with Gasteiger partial charge in [0.05, 0.1) is 5.56 Å². The van der Waals surface area contributed by atoms with Crippen molar-refractivity contribution in [2.24, 2.45) is 0 Å². The molecule has 4 aromatic rings. The van der Waals surface area contributed by atoms with Gasteiger partial charge in [-0.15, -0.1) is 0 Å². The van der Waals surface area contributed by atoms with Crippen molar-refractivity contribution in [3.05, 3.63) is 143 Å². The Hall–Kier alpha value is -4.37. The first kappa shape index (κ1) is 32.0. The summed E-state index contributed by atoms with van der Waals surface area (Å²) in [5, 5.41) is 0. The quantitative estimate of drug-likeness (QED) is 0.177. The van der Waals surface area contributed by atoms with E-state index in [1.165, 1.54) is 55.9 Å². The van der Waals surface area contributed by atoms with Crippen LogP contribution in [-0.2, 0) is 6.54 Å². The Morgan fingerprint density at radius 3 is 1.60 bits per heavy atom. The maximum absolute atomic E-state index is 3.76. The SMILES string of the molecule is CCC(C)c1ccc(C[NH+]=C2C=CC(=C(c3ccc(N(CC)CC)cc3)c3ccc(N(CC)CC)cc3)c3ccccc32)cc1. The molecule has 1 aliphatic rings. The summed E-state index contributed by atoms with van der Waals surface area (Å²) in [5.41, 5.74) is 13.9. The molecular formula is C42H50N3+. The lowest BCUT2D eigenvalue weighted by molar-refractivity contribution is -0.473. The minimum atomic E-state index is 0.593. The summed E-state index contributed by atoms with van der Waals surface area (Å²) in [4.78, 5) is 8.56. The van der Waals surface area contributed by atoms with Crippen molar-refractivity contribution in [3.8, 4) is 0 Å². The minimum absolute atomic E-state index is 0.593. The van der Waals surface area contributed by atoms with Gasteiger partial charge in [-0.2, -0.15) is 0 Å². The molecular weight excluding hydrogens is 546 g/mol. The number of hydrogen-bond donors (Lipinski definition) is 1. The van der Waals surface area contributed by atoms with Crippen LogP contribution in [0.3, 0.4) is 0 Å². The summed E-state index contributed by atoms with van der Waals surface area (Å²) < 4.78 is 0. The van der Waals surface area contributed by atoms with Crippen molar-refractivity contribution in [2.45, 2.75) is 60.4 Å². The van der Waals surface area contributed by atoms with Crippen molar-refractivity contribution in [2.75, 3.05) is 36.0 Å². The standard InChI is InChI=1S/C42H49N3/c1-7-31(6)33-18-16-32(17-19-33)30-43-41-29-28-40(38-14-12-13-15-39(38)41)42(34-20-24-36(25-21-34)44(8-2)9-3)35-22-26-37(27-23-35)45(10-4)11-5/h12-29,31H,7-11,30H2,1-6H3/p+1. The Labute approximate surface area is 271 Å². The van der Waals surface area contributed by atoms with E-state index in [1.807, 2.05) is 0 Å². The molecule has 0 spiro atoms. The Morgan fingerprint density at radius 1 is 0.600 bits per heavy atom. The summed E-state index contributed by atoms with van der Waals surface area (Å²) in [7, 11) is 0. The van der Waals surface area contributed by atoms with Crippen LogP contribution in [0.15, 0.2) is 109 Å². The molecule has 1 aliphatic carbocycles. The summed E-state index contributed by atoms with van der Waals surface area (Å²) in [6.45, 7) is 18.2. The van der Waals surface area contributed by atoms with Crippen LogP contribution in [0.4, 0.5) is 11.4 Å². The number of nitrogens with zero attached hydrogens (tertiary/aromatic N) is 2. The third-order valence-electron chi connectivity index (χ3n) is 9.41. The summed E-state index contributed by atoms with van der Waals surface area (Å²) in [5.74, 6) is 0.593. The first-order valence-corrected chi connectivity index (χ1v) is 16.9. The number of nitrogens with one attached hydrogen (secondary N) is 1. The second-order valence-electron chi connectivity index (χ2n) is 11.9. The third-order valence-corrected chi connectivity index (χ3v) is 9.41. The molecule has 0 fully saturated rings. The molecule has 0 amide bonds. The van der Waals surface area contributed by atoms with Crippen LogP contribution in [0.1, 0.15) is 87.3 Å². The molecule has 5 rings (SSSR count). The zero-order valence-electron chi connectivity index (χ0n) is 28.1. The number of fused-ring (bicyclic) bond motifs is 1. The van der Waals surface area contributed by atoms with Crippen LogP contribution in [-0.4, -0.2) is 31.9 Å². The van der Waals surface area contributed by atoms with Gasteiger partial charge in [-0.05, 0) is 110 Å². The van der Waals surface area contributed by atoms with Crippen LogP contribution in [0.5, 0.6) is 0 Å². The van der Waals surface area contributed by atoms with Crippen molar-refractivity contribution < 1.29 is 4.99 Å². The molecule has 0 heterocycles. The maximum atomic E-state index is 3.76. The fourth-order valence-corrected chi connectivity index (χ4v) is 6.40. The first-order valence-electron chi connectivity index (χ1n) is 16.9. The van der Waals surface area contributed by atoms with E-state index in [4.69, 9.17) is 0 Å². The highest BCUT2D eigenvalue weighted by atomic mass is 15.1. The van der Waals surface area contributed by atoms with Gasteiger partial charge in [-0.1, -0.05) is 80.6 Å². The van der Waals surface area contributed by atoms with Gasteiger partial charge in [0.25, 0.3) is 0 Å². The number of hydrogen-bond acceptors (Lipinski definition) is 2. The van der Waals surface area contributed by atoms with Gasteiger partial charge >= 0.3 is 0 Å². The fraction of sp³-hybridized carbons (Fsp3) is 0.310. The molecule has 1 atom stereocenters. The molecule has 0 aromatic heterocycles. The fourth-order valence-electron chi connectivity index (χ4n) is 6.40. The molecule has 1 N–H and O–H groups in total. The van der Waals surface area contributed by atoms with Crippen LogP contribution >= 0.6 is 0 Å². The Bertz CT molecular complexity index is 1570. The Balaban J connectivity index is 1.58. The number of anilines is 2. The molecule has 0 saturated heterocycles. The topological polar surface area (TPSA) is 20.5 Å². The number of benzene rings is 4. The van der Waals surface area contributed by atoms with E-state index in [0.717, 1.165) is 44.9 Å². The molecule has 4 aromatic carbocycles. The van der Waals surface area contributed by atoms with Crippen molar-refractivity contribution in [3.63, 3.8) is 0 Å². The van der Waals surface area contributed by atoms with E-state index in [1.54, 1.807) is 0 Å². The predicted octanol–water partition coefficient (Wildman–Crippen LogP) is 8.49. The van der Waals surface area contributed by atoms with Crippen molar-refractivity contribution >= 4 is 28.2 Å². The third kappa shape index (κ3) is 7.14. The van der Waals surface area contributed by atoms with Gasteiger partial charge < -0.3 is 9.80 Å². The van der Waals surface area contributed by atoms with Crippen LogP contribution < -0.4 is 14.8 Å². The molecule has 3 nitrogen and oxygen atoms in total. The lowest BCUT2D eigenvalue weighted by Crippen LogP contribution is -2.71. The highest BCUT2D eigenvalue weighted by molar-refractivity contribution is 6.17. The minimum Gasteiger partial charge on any atom is -0.372 e. The zero-order chi connectivity index (χ0) is 31.8. The summed E-state index contributed by atoms with van der Waals surface area (Å²) >= 11 is 0. The maximum Gasteiger partial charge on any atom is 0.206 e. The van der Waals surface area contributed by atoms with E-state index >= 15 is 0 Å². The van der Waals surface area contributed by atoms with Gasteiger partial charge in [-0.3, -0.25) is 0 Å². The van der Waals surface area contributed by atoms with Gasteiger partial charge in [-0.25, -0.2) is 4.99 Å². The van der Waals surface area contributed by atoms with Crippen molar-refractivity contribution in [1.29, 1.82) is 0 Å². The number of rotatable bonds is 12. The molecule has 45 heavy (non-hydrogen) atoms. The highest BCUT2D eigenvalue weighted by Gasteiger charge is 2.23. The van der Waals surface area contributed by atoms with Crippen molar-refractivity contribution in [1.82, 2.24) is 0 Å². The lowest BCUT2D eigenvalue weighted by Gasteiger charge is -2.24. The second-order valence-corrected chi connectivity index (χ2v) is 11.9. The molecule has 0 radical (unpaired) electrons. The lowest BCUT2D eigenvalue weighted by atomic mass is 9.83. The van der Waals surface area contributed by atoms with Crippen LogP contribution in [0.25, 0.3) is 11.1 Å². The van der Waals surface area contributed by atoms with Gasteiger partial charge in [0.1, 0.15) is 0 Å². The number of allylic oxidation sites excluding steroid dienone is 3. The molecule has 0 saturated carbocycles. The Kier molecular flexibility index (Phi) is 10.7. The second kappa shape index (κ2) is 15.1. The van der Waals surface area contributed by atoms with Crippen LogP contribution in [0, 0.1) is 0 Å². The van der Waals surface area contributed by atoms with Crippen LogP contribution in [0.2, 0.25) is 0 Å². The molecule has 0 bridgehead atoms. The van der Waals surface area contributed by atoms with Gasteiger partial charge in [0.2, 0.25) is 5.71 Å². The van der Waals surface area contributed by atoms with E-state index < -0.39 is 0 Å². The average molecular weight is 597 g/mol. The van der Waals surface area contributed by atoms with E-state index in [2.05, 4.69) is 166 Å². The van der Waals surface area contributed by atoms with Gasteiger partial charge in [0.15, 0.2) is 6.54 Å². The smallest absolute Gasteiger partial charge is 0.206 e. The zero-order valence-corrected chi connectivity index (χ0v) is 28.1. The van der Waals surface area contributed by atoms with E-state index in [-0.39, 0.29) is 0 Å². The van der Waals surface area contributed by atoms with E-state index in [0.29, 0.717) is 5.92 Å². The predicted molar refractivity (Wildman–Crippen MR) is 195 cm³/mol. The van der Waals surface area contributed by atoms with E-state index in [9.17, 15) is 0 Å². The normalized spacial score (nSPS) is 13.9. The molecule has 232 valence electrons. The molecule has 0 aliphatic heterocycles. The van der Waals surface area contributed by atoms with Gasteiger partial charge in [0, 0.05) is 49.2 Å². The summed E-state index contributed by atoms with van der Waals surface area (Å²) in [6, 6.07) is 36.2. The first-order chi connectivity index (χ1) is 22.0. The molecule has 1 unspecified atom stereocenters. The average Bonchev–Trinajstić information content (AvgIpc) is 3.10. The largest absolute Gasteiger partial charge is 0.372 e. The summed E-state index contributed by atoms with van der Waals surface area (Å²) in [6.07, 6.45) is 5.73. The molecule has 3 heteroatoms. The monoisotopic (exact) mass is 596 g/mol. The Morgan fingerprint density at radius 2 is 1.11 bits per heavy atom.